The number of nitrogens with two attached hydrogens (primary N) is 1. The van der Waals surface area contributed by atoms with Crippen LogP contribution in [-0.4, -0.2) is 10.5 Å². The highest BCUT2D eigenvalue weighted by Crippen LogP contribution is 1.97. The maximum Gasteiger partial charge on any atom is 0.266 e. The number of aromatic nitrogens is 1. The molecular formula is C6H9N3O. The van der Waals surface area contributed by atoms with Gasteiger partial charge in [0.05, 0.1) is 5.56 Å². The number of rotatable bonds is 1. The Hall–Kier alpha value is -1.29. The van der Waals surface area contributed by atoms with Crippen LogP contribution in [0.4, 0.5) is 0 Å². The van der Waals surface area contributed by atoms with Crippen LogP contribution in [0, 0.1) is 0 Å². The maximum absolute atomic E-state index is 10.8. The molecule has 0 aliphatic carbocycles. The van der Waals surface area contributed by atoms with E-state index in [1.54, 1.807) is 23.0 Å². The summed E-state index contributed by atoms with van der Waals surface area (Å²) in [4.78, 5) is 10.8. The zero-order chi connectivity index (χ0) is 7.56. The second kappa shape index (κ2) is 2.53. The number of carbonyl (C=O) groups excluding carboxylic acids is 1. The first-order chi connectivity index (χ1) is 4.74. The van der Waals surface area contributed by atoms with Crippen LogP contribution in [-0.2, 0) is 7.05 Å². The fourth-order valence-electron chi connectivity index (χ4n) is 0.721. The zero-order valence-corrected chi connectivity index (χ0v) is 5.66. The Kier molecular flexibility index (Phi) is 1.73. The highest BCUT2D eigenvalue weighted by atomic mass is 16.2. The van der Waals surface area contributed by atoms with Crippen molar-refractivity contribution < 1.29 is 4.79 Å². The van der Waals surface area contributed by atoms with Gasteiger partial charge >= 0.3 is 0 Å². The van der Waals surface area contributed by atoms with E-state index in [4.69, 9.17) is 5.84 Å². The molecule has 0 spiro atoms. The molecule has 0 bridgehead atoms. The van der Waals surface area contributed by atoms with Crippen LogP contribution in [0.5, 0.6) is 0 Å². The van der Waals surface area contributed by atoms with Gasteiger partial charge in [0.25, 0.3) is 5.91 Å². The molecule has 54 valence electrons. The molecule has 0 fully saturated rings. The Morgan fingerprint density at radius 2 is 2.50 bits per heavy atom. The van der Waals surface area contributed by atoms with Crippen LogP contribution in [0.2, 0.25) is 0 Å². The standard InChI is InChI=1S/C6H9N3O/c1-9-3-2-5(4-9)6(10)8-7/h2-4H,7H2,1H3,(H,8,10). The van der Waals surface area contributed by atoms with E-state index >= 15 is 0 Å². The van der Waals surface area contributed by atoms with Gasteiger partial charge in [-0.1, -0.05) is 0 Å². The third-order valence-corrected chi connectivity index (χ3v) is 1.23. The molecule has 4 nitrogen and oxygen atoms in total. The van der Waals surface area contributed by atoms with Crippen molar-refractivity contribution in [3.8, 4) is 0 Å². The van der Waals surface area contributed by atoms with Crippen LogP contribution >= 0.6 is 0 Å². The maximum atomic E-state index is 10.8. The van der Waals surface area contributed by atoms with E-state index in [1.165, 1.54) is 0 Å². The van der Waals surface area contributed by atoms with Gasteiger partial charge in [0, 0.05) is 19.4 Å². The lowest BCUT2D eigenvalue weighted by Crippen LogP contribution is -2.29. The molecule has 1 aromatic rings. The van der Waals surface area contributed by atoms with E-state index in [0.717, 1.165) is 0 Å². The van der Waals surface area contributed by atoms with Crippen molar-refractivity contribution in [3.63, 3.8) is 0 Å². The predicted octanol–water partition coefficient (Wildman–Crippen LogP) is -0.371. The van der Waals surface area contributed by atoms with E-state index in [2.05, 4.69) is 0 Å². The number of hydrogen-bond acceptors (Lipinski definition) is 2. The lowest BCUT2D eigenvalue weighted by Gasteiger charge is -1.92. The third-order valence-electron chi connectivity index (χ3n) is 1.23. The van der Waals surface area contributed by atoms with E-state index in [9.17, 15) is 4.79 Å². The van der Waals surface area contributed by atoms with E-state index in [1.807, 2.05) is 12.5 Å². The van der Waals surface area contributed by atoms with Gasteiger partial charge < -0.3 is 4.57 Å². The Morgan fingerprint density at radius 3 is 2.90 bits per heavy atom. The smallest absolute Gasteiger partial charge is 0.266 e. The molecule has 4 heteroatoms. The highest BCUT2D eigenvalue weighted by Gasteiger charge is 2.02. The van der Waals surface area contributed by atoms with E-state index < -0.39 is 0 Å². The Balaban J connectivity index is 2.85. The Morgan fingerprint density at radius 1 is 1.80 bits per heavy atom. The van der Waals surface area contributed by atoms with Crippen LogP contribution < -0.4 is 11.3 Å². The van der Waals surface area contributed by atoms with Crippen LogP contribution in [0.1, 0.15) is 10.4 Å². The first-order valence-electron chi connectivity index (χ1n) is 2.87. The molecule has 0 atom stereocenters. The fourth-order valence-corrected chi connectivity index (χ4v) is 0.721. The van der Waals surface area contributed by atoms with Crippen molar-refractivity contribution in [2.45, 2.75) is 0 Å². The molecule has 1 aromatic heterocycles. The van der Waals surface area contributed by atoms with Crippen molar-refractivity contribution in [3.05, 3.63) is 24.0 Å². The van der Waals surface area contributed by atoms with Crippen molar-refractivity contribution >= 4 is 5.91 Å². The van der Waals surface area contributed by atoms with Crippen molar-refractivity contribution in [2.75, 3.05) is 0 Å². The summed E-state index contributed by atoms with van der Waals surface area (Å²) >= 11 is 0. The van der Waals surface area contributed by atoms with E-state index in [-0.39, 0.29) is 5.91 Å². The van der Waals surface area contributed by atoms with Crippen LogP contribution in [0.3, 0.4) is 0 Å². The van der Waals surface area contributed by atoms with Gasteiger partial charge in [0.1, 0.15) is 0 Å². The van der Waals surface area contributed by atoms with Gasteiger partial charge in [-0.05, 0) is 6.07 Å². The van der Waals surface area contributed by atoms with Crippen LogP contribution in [0.25, 0.3) is 0 Å². The van der Waals surface area contributed by atoms with Gasteiger partial charge in [0.2, 0.25) is 0 Å². The minimum Gasteiger partial charge on any atom is -0.356 e. The van der Waals surface area contributed by atoms with E-state index in [0.29, 0.717) is 5.56 Å². The minimum absolute atomic E-state index is 0.263. The summed E-state index contributed by atoms with van der Waals surface area (Å²) in [6, 6.07) is 1.70. The number of nitrogens with one attached hydrogen (secondary N) is 1. The molecule has 10 heavy (non-hydrogen) atoms. The van der Waals surface area contributed by atoms with Gasteiger partial charge in [0.15, 0.2) is 0 Å². The number of amides is 1. The molecule has 0 saturated carbocycles. The number of nitrogen functional groups attached to an aromatic ring is 1. The Labute approximate surface area is 58.6 Å². The fraction of sp³-hybridized carbons (Fsp3) is 0.167. The van der Waals surface area contributed by atoms with Gasteiger partial charge in [-0.2, -0.15) is 0 Å². The summed E-state index contributed by atoms with van der Waals surface area (Å²) in [6.45, 7) is 0. The molecule has 0 aliphatic rings. The predicted molar refractivity (Wildman–Crippen MR) is 37.1 cm³/mol. The lowest BCUT2D eigenvalue weighted by atomic mass is 10.3. The molecule has 0 unspecified atom stereocenters. The largest absolute Gasteiger partial charge is 0.356 e. The molecule has 1 rings (SSSR count). The third kappa shape index (κ3) is 1.16. The minimum atomic E-state index is -0.263. The van der Waals surface area contributed by atoms with Gasteiger partial charge in [-0.15, -0.1) is 0 Å². The number of nitrogens with zero attached hydrogens (tertiary/aromatic N) is 1. The molecule has 1 amide bonds. The summed E-state index contributed by atoms with van der Waals surface area (Å²) in [5, 5.41) is 0. The molecule has 0 saturated heterocycles. The number of hydrogen-bond donors (Lipinski definition) is 2. The number of carbonyl (C=O) groups is 1. The lowest BCUT2D eigenvalue weighted by molar-refractivity contribution is 0.0953. The number of hydrazine groups is 1. The molecule has 0 aromatic carbocycles. The Bertz CT molecular complexity index is 241. The molecule has 0 aliphatic heterocycles. The van der Waals surface area contributed by atoms with Crippen molar-refractivity contribution in [2.24, 2.45) is 12.9 Å². The normalized spacial score (nSPS) is 9.40. The van der Waals surface area contributed by atoms with Gasteiger partial charge in [-0.3, -0.25) is 10.2 Å². The summed E-state index contributed by atoms with van der Waals surface area (Å²) < 4.78 is 1.78. The monoisotopic (exact) mass is 139 g/mol. The summed E-state index contributed by atoms with van der Waals surface area (Å²) in [5.74, 6) is 4.64. The highest BCUT2D eigenvalue weighted by molar-refractivity contribution is 5.93. The molecule has 0 radical (unpaired) electrons. The SMILES string of the molecule is Cn1ccc(C(=O)NN)c1. The summed E-state index contributed by atoms with van der Waals surface area (Å²) in [6.07, 6.45) is 3.48. The summed E-state index contributed by atoms with van der Waals surface area (Å²) in [7, 11) is 1.84. The zero-order valence-electron chi connectivity index (χ0n) is 5.66. The molecule has 1 heterocycles. The average Bonchev–Trinajstić information content (AvgIpc) is 2.34. The van der Waals surface area contributed by atoms with Crippen molar-refractivity contribution in [1.29, 1.82) is 0 Å². The second-order valence-electron chi connectivity index (χ2n) is 2.04. The van der Waals surface area contributed by atoms with Gasteiger partial charge in [-0.25, -0.2) is 5.84 Å². The van der Waals surface area contributed by atoms with Crippen molar-refractivity contribution in [1.82, 2.24) is 9.99 Å². The molecular weight excluding hydrogens is 130 g/mol. The first kappa shape index (κ1) is 6.82. The molecule has 3 N–H and O–H groups in total. The quantitative estimate of drug-likeness (QED) is 0.317. The second-order valence-corrected chi connectivity index (χ2v) is 2.04. The summed E-state index contributed by atoms with van der Waals surface area (Å²) in [5.41, 5.74) is 2.62. The van der Waals surface area contributed by atoms with Crippen LogP contribution in [0.15, 0.2) is 18.5 Å². The topological polar surface area (TPSA) is 60.0 Å². The average molecular weight is 139 g/mol. The first-order valence-corrected chi connectivity index (χ1v) is 2.87. The number of aryl methyl sites for hydroxylation is 1.